The molecule has 24 heavy (non-hydrogen) atoms. The Kier molecular flexibility index (Phi) is 5.13. The topological polar surface area (TPSA) is 67.8 Å². The molecule has 0 spiro atoms. The molecule has 1 amide bonds. The van der Waals surface area contributed by atoms with E-state index in [4.69, 9.17) is 9.47 Å². The molecular formula is C19H21NO4. The second-order valence-electron chi connectivity index (χ2n) is 5.95. The summed E-state index contributed by atoms with van der Waals surface area (Å²) in [5.74, 6) is 1.23. The van der Waals surface area contributed by atoms with Gasteiger partial charge < -0.3 is 19.9 Å². The first-order valence-corrected chi connectivity index (χ1v) is 8.03. The molecule has 0 radical (unpaired) electrons. The Labute approximate surface area is 141 Å². The lowest BCUT2D eigenvalue weighted by Gasteiger charge is -2.28. The van der Waals surface area contributed by atoms with E-state index >= 15 is 0 Å². The molecule has 0 bridgehead atoms. The van der Waals surface area contributed by atoms with Crippen molar-refractivity contribution in [3.8, 4) is 11.5 Å². The molecule has 126 valence electrons. The van der Waals surface area contributed by atoms with Crippen molar-refractivity contribution in [2.75, 3.05) is 13.2 Å². The highest BCUT2D eigenvalue weighted by atomic mass is 16.5. The van der Waals surface area contributed by atoms with E-state index in [1.165, 1.54) is 0 Å². The van der Waals surface area contributed by atoms with Crippen LogP contribution in [0.2, 0.25) is 0 Å². The monoisotopic (exact) mass is 327 g/mol. The van der Waals surface area contributed by atoms with Crippen LogP contribution in [0.4, 0.5) is 0 Å². The fourth-order valence-corrected chi connectivity index (χ4v) is 2.63. The van der Waals surface area contributed by atoms with Crippen LogP contribution >= 0.6 is 0 Å². The van der Waals surface area contributed by atoms with Gasteiger partial charge in [0.05, 0.1) is 18.8 Å². The normalized spacial score (nSPS) is 20.4. The van der Waals surface area contributed by atoms with E-state index in [9.17, 15) is 9.90 Å². The summed E-state index contributed by atoms with van der Waals surface area (Å²) in [6.45, 7) is 2.81. The van der Waals surface area contributed by atoms with Gasteiger partial charge in [0.1, 0.15) is 11.5 Å². The predicted molar refractivity (Wildman–Crippen MR) is 90.4 cm³/mol. The van der Waals surface area contributed by atoms with Gasteiger partial charge in [0, 0.05) is 12.2 Å². The Balaban J connectivity index is 1.62. The van der Waals surface area contributed by atoms with Gasteiger partial charge in [-0.05, 0) is 55.3 Å². The Morgan fingerprint density at radius 1 is 1.21 bits per heavy atom. The van der Waals surface area contributed by atoms with E-state index in [1.807, 2.05) is 31.2 Å². The van der Waals surface area contributed by atoms with Gasteiger partial charge in [0.15, 0.2) is 0 Å². The number of benzene rings is 2. The Hall–Kier alpha value is -2.37. The molecule has 3 rings (SSSR count). The van der Waals surface area contributed by atoms with E-state index in [1.54, 1.807) is 24.3 Å². The van der Waals surface area contributed by atoms with Gasteiger partial charge >= 0.3 is 0 Å². The average molecular weight is 327 g/mol. The van der Waals surface area contributed by atoms with Crippen molar-refractivity contribution >= 4 is 5.91 Å². The Bertz CT molecular complexity index is 699. The third-order valence-corrected chi connectivity index (χ3v) is 3.98. The first kappa shape index (κ1) is 16.5. The fraction of sp³-hybridized carbons (Fsp3) is 0.316. The number of aliphatic hydroxyl groups is 1. The summed E-state index contributed by atoms with van der Waals surface area (Å²) in [4.78, 5) is 12.3. The fourth-order valence-electron chi connectivity index (χ4n) is 2.63. The van der Waals surface area contributed by atoms with Crippen LogP contribution in [-0.2, 0) is 4.74 Å². The van der Waals surface area contributed by atoms with Crippen molar-refractivity contribution in [2.24, 2.45) is 0 Å². The average Bonchev–Trinajstić information content (AvgIpc) is 2.57. The van der Waals surface area contributed by atoms with Gasteiger partial charge in [0.2, 0.25) is 0 Å². The molecular weight excluding hydrogens is 306 g/mol. The molecule has 2 aromatic rings. The first-order valence-electron chi connectivity index (χ1n) is 8.03. The Morgan fingerprint density at radius 2 is 2.00 bits per heavy atom. The summed E-state index contributed by atoms with van der Waals surface area (Å²) < 4.78 is 10.9. The summed E-state index contributed by atoms with van der Waals surface area (Å²) >= 11 is 0. The van der Waals surface area contributed by atoms with Crippen LogP contribution in [0.3, 0.4) is 0 Å². The van der Waals surface area contributed by atoms with Gasteiger partial charge in [-0.25, -0.2) is 0 Å². The van der Waals surface area contributed by atoms with Gasteiger partial charge in [-0.1, -0.05) is 12.1 Å². The van der Waals surface area contributed by atoms with E-state index in [0.717, 1.165) is 11.3 Å². The van der Waals surface area contributed by atoms with Crippen LogP contribution in [0.15, 0.2) is 48.5 Å². The van der Waals surface area contributed by atoms with Gasteiger partial charge in [-0.15, -0.1) is 0 Å². The van der Waals surface area contributed by atoms with Crippen LogP contribution in [0, 0.1) is 6.92 Å². The van der Waals surface area contributed by atoms with E-state index < -0.39 is 6.10 Å². The largest absolute Gasteiger partial charge is 0.457 e. The second kappa shape index (κ2) is 7.47. The molecule has 0 aromatic heterocycles. The zero-order valence-electron chi connectivity index (χ0n) is 13.6. The number of ether oxygens (including phenoxy) is 2. The first-order chi connectivity index (χ1) is 11.6. The SMILES string of the molecule is Cc1cccc(Oc2ccc(C(=O)N[C@@H]3CCOC[C@H]3O)cc2)c1. The zero-order chi connectivity index (χ0) is 16.9. The summed E-state index contributed by atoms with van der Waals surface area (Å²) in [6.07, 6.45) is -0.0480. The summed E-state index contributed by atoms with van der Waals surface area (Å²) in [6, 6.07) is 14.5. The minimum atomic E-state index is -0.661. The molecule has 0 unspecified atom stereocenters. The number of hydrogen-bond acceptors (Lipinski definition) is 4. The van der Waals surface area contributed by atoms with Crippen molar-refractivity contribution in [1.82, 2.24) is 5.32 Å². The molecule has 2 atom stereocenters. The highest BCUT2D eigenvalue weighted by molar-refractivity contribution is 5.94. The summed E-state index contributed by atoms with van der Waals surface area (Å²) in [5, 5.41) is 12.7. The van der Waals surface area contributed by atoms with E-state index in [-0.39, 0.29) is 18.6 Å². The quantitative estimate of drug-likeness (QED) is 0.906. The molecule has 1 saturated heterocycles. The molecule has 1 heterocycles. The maximum Gasteiger partial charge on any atom is 0.251 e. The minimum Gasteiger partial charge on any atom is -0.457 e. The minimum absolute atomic E-state index is 0.206. The van der Waals surface area contributed by atoms with Crippen LogP contribution in [0.25, 0.3) is 0 Å². The third-order valence-electron chi connectivity index (χ3n) is 3.98. The number of amides is 1. The lowest BCUT2D eigenvalue weighted by molar-refractivity contribution is -0.0260. The van der Waals surface area contributed by atoms with Crippen molar-refractivity contribution in [2.45, 2.75) is 25.5 Å². The molecule has 1 aliphatic heterocycles. The highest BCUT2D eigenvalue weighted by Crippen LogP contribution is 2.22. The van der Waals surface area contributed by atoms with Gasteiger partial charge in [0.25, 0.3) is 5.91 Å². The lowest BCUT2D eigenvalue weighted by Crippen LogP contribution is -2.48. The Morgan fingerprint density at radius 3 is 2.71 bits per heavy atom. The lowest BCUT2D eigenvalue weighted by atomic mass is 10.1. The third kappa shape index (κ3) is 4.13. The molecule has 5 heteroatoms. The van der Waals surface area contributed by atoms with Crippen molar-refractivity contribution in [3.05, 3.63) is 59.7 Å². The molecule has 0 aliphatic carbocycles. The maximum absolute atomic E-state index is 12.3. The standard InChI is InChI=1S/C19H21NO4/c1-13-3-2-4-16(11-13)24-15-7-5-14(6-8-15)19(22)20-17-9-10-23-12-18(17)21/h2-8,11,17-18,21H,9-10,12H2,1H3,(H,20,22)/t17-,18-/m1/s1. The number of aliphatic hydroxyl groups excluding tert-OH is 1. The second-order valence-corrected chi connectivity index (χ2v) is 5.95. The smallest absolute Gasteiger partial charge is 0.251 e. The highest BCUT2D eigenvalue weighted by Gasteiger charge is 2.25. The summed E-state index contributed by atoms with van der Waals surface area (Å²) in [7, 11) is 0. The number of nitrogens with one attached hydrogen (secondary N) is 1. The van der Waals surface area contributed by atoms with Crippen LogP contribution in [-0.4, -0.2) is 36.4 Å². The molecule has 0 saturated carbocycles. The zero-order valence-corrected chi connectivity index (χ0v) is 13.6. The van der Waals surface area contributed by atoms with Gasteiger partial charge in [-0.3, -0.25) is 4.79 Å². The van der Waals surface area contributed by atoms with E-state index in [0.29, 0.717) is 24.3 Å². The molecule has 1 aliphatic rings. The summed E-state index contributed by atoms with van der Waals surface area (Å²) in [5.41, 5.74) is 1.66. The number of hydrogen-bond donors (Lipinski definition) is 2. The van der Waals surface area contributed by atoms with Crippen LogP contribution in [0.1, 0.15) is 22.3 Å². The maximum atomic E-state index is 12.3. The van der Waals surface area contributed by atoms with Crippen molar-refractivity contribution in [3.63, 3.8) is 0 Å². The van der Waals surface area contributed by atoms with Crippen molar-refractivity contribution in [1.29, 1.82) is 0 Å². The molecule has 2 N–H and O–H groups in total. The predicted octanol–water partition coefficient (Wildman–Crippen LogP) is 2.67. The van der Waals surface area contributed by atoms with Crippen LogP contribution < -0.4 is 10.1 Å². The van der Waals surface area contributed by atoms with Crippen LogP contribution in [0.5, 0.6) is 11.5 Å². The molecule has 1 fully saturated rings. The number of rotatable bonds is 4. The van der Waals surface area contributed by atoms with E-state index in [2.05, 4.69) is 5.32 Å². The van der Waals surface area contributed by atoms with Crippen molar-refractivity contribution < 1.29 is 19.4 Å². The number of carbonyl (C=O) groups excluding carboxylic acids is 1. The number of carbonyl (C=O) groups is 1. The number of aryl methyl sites for hydroxylation is 1. The van der Waals surface area contributed by atoms with Gasteiger partial charge in [-0.2, -0.15) is 0 Å². The molecule has 5 nitrogen and oxygen atoms in total. The molecule has 2 aromatic carbocycles.